The average Bonchev–Trinajstić information content (AvgIpc) is 2.40. The Morgan fingerprint density at radius 1 is 1.14 bits per heavy atom. The Hall–Kier alpha value is -1.71. The fraction of sp³-hybridized carbons (Fsp3) is 0.0714. The van der Waals surface area contributed by atoms with Crippen molar-refractivity contribution in [2.45, 2.75) is 6.18 Å². The average molecular weight is 376 g/mol. The molecule has 2 rings (SSSR count). The molecule has 0 heterocycles. The Morgan fingerprint density at radius 2 is 1.86 bits per heavy atom. The summed E-state index contributed by atoms with van der Waals surface area (Å²) in [7, 11) is 0. The smallest absolute Gasteiger partial charge is 0.354 e. The van der Waals surface area contributed by atoms with Gasteiger partial charge in [-0.1, -0.05) is 17.7 Å². The van der Waals surface area contributed by atoms with Crippen LogP contribution in [-0.2, 0) is 6.18 Å². The molecule has 0 aliphatic heterocycles. The van der Waals surface area contributed by atoms with E-state index in [-0.39, 0.29) is 22.0 Å². The van der Waals surface area contributed by atoms with Gasteiger partial charge in [-0.25, -0.2) is 0 Å². The predicted octanol–water partition coefficient (Wildman–Crippen LogP) is 5.74. The van der Waals surface area contributed by atoms with Gasteiger partial charge in [0.15, 0.2) is 0 Å². The van der Waals surface area contributed by atoms with Crippen molar-refractivity contribution in [1.82, 2.24) is 0 Å². The lowest BCUT2D eigenvalue weighted by Crippen LogP contribution is -2.09. The summed E-state index contributed by atoms with van der Waals surface area (Å²) in [5, 5.41) is 11.7. The van der Waals surface area contributed by atoms with Gasteiger partial charge in [-0.15, -0.1) is 0 Å². The van der Waals surface area contributed by atoms with Crippen LogP contribution >= 0.6 is 27.5 Å². The third kappa shape index (κ3) is 3.49. The summed E-state index contributed by atoms with van der Waals surface area (Å²) >= 11 is 8.81. The van der Waals surface area contributed by atoms with Gasteiger partial charge in [-0.05, 0) is 46.3 Å². The Bertz CT molecular complexity index is 723. The molecule has 0 fully saturated rings. The molecular weight excluding hydrogens is 369 g/mol. The van der Waals surface area contributed by atoms with Gasteiger partial charge in [0, 0.05) is 9.50 Å². The molecule has 0 unspecified atom stereocenters. The molecule has 7 heteroatoms. The number of hydrogen-bond donors (Lipinski definition) is 1. The number of halogens is 5. The first-order valence-electron chi connectivity index (χ1n) is 5.65. The quantitative estimate of drug-likeness (QED) is 0.727. The highest BCUT2D eigenvalue weighted by Gasteiger charge is 2.34. The first-order valence-corrected chi connectivity index (χ1v) is 6.82. The van der Waals surface area contributed by atoms with Crippen molar-refractivity contribution in [1.29, 1.82) is 5.26 Å². The minimum absolute atomic E-state index is 0.0115. The molecule has 0 aromatic heterocycles. The van der Waals surface area contributed by atoms with E-state index in [0.29, 0.717) is 4.47 Å². The summed E-state index contributed by atoms with van der Waals surface area (Å²) in [6.45, 7) is 0. The third-order valence-electron chi connectivity index (χ3n) is 2.68. The zero-order chi connectivity index (χ0) is 15.6. The second-order valence-electron chi connectivity index (χ2n) is 4.09. The lowest BCUT2D eigenvalue weighted by Gasteiger charge is -2.16. The van der Waals surface area contributed by atoms with E-state index in [4.69, 9.17) is 16.9 Å². The molecule has 2 aromatic carbocycles. The summed E-state index contributed by atoms with van der Waals surface area (Å²) in [5.41, 5.74) is -0.555. The third-order valence-corrected chi connectivity index (χ3v) is 3.58. The van der Waals surface area contributed by atoms with Crippen molar-refractivity contribution >= 4 is 38.9 Å². The fourth-order valence-electron chi connectivity index (χ4n) is 1.75. The Kier molecular flexibility index (Phi) is 4.45. The van der Waals surface area contributed by atoms with Gasteiger partial charge in [0.05, 0.1) is 22.5 Å². The zero-order valence-electron chi connectivity index (χ0n) is 10.3. The molecular formula is C14H7BrClF3N2. The number of rotatable bonds is 2. The molecule has 0 atom stereocenters. The summed E-state index contributed by atoms with van der Waals surface area (Å²) in [5.74, 6) is 0. The highest BCUT2D eigenvalue weighted by atomic mass is 79.9. The van der Waals surface area contributed by atoms with Crippen LogP contribution in [0.25, 0.3) is 0 Å². The van der Waals surface area contributed by atoms with Crippen LogP contribution in [0.2, 0.25) is 5.02 Å². The van der Waals surface area contributed by atoms with Gasteiger partial charge >= 0.3 is 6.18 Å². The van der Waals surface area contributed by atoms with Crippen molar-refractivity contribution in [3.63, 3.8) is 0 Å². The zero-order valence-corrected chi connectivity index (χ0v) is 12.6. The monoisotopic (exact) mass is 374 g/mol. The summed E-state index contributed by atoms with van der Waals surface area (Å²) in [6, 6.07) is 10.1. The molecule has 0 spiro atoms. The number of alkyl halides is 3. The second-order valence-corrected chi connectivity index (χ2v) is 5.38. The first-order chi connectivity index (χ1) is 9.82. The van der Waals surface area contributed by atoms with E-state index in [9.17, 15) is 13.2 Å². The highest BCUT2D eigenvalue weighted by Crippen LogP contribution is 2.38. The Morgan fingerprint density at radius 3 is 2.48 bits per heavy atom. The lowest BCUT2D eigenvalue weighted by atomic mass is 10.1. The van der Waals surface area contributed by atoms with Crippen molar-refractivity contribution in [2.75, 3.05) is 5.32 Å². The lowest BCUT2D eigenvalue weighted by molar-refractivity contribution is -0.136. The molecule has 108 valence electrons. The van der Waals surface area contributed by atoms with E-state index in [1.54, 1.807) is 12.1 Å². The summed E-state index contributed by atoms with van der Waals surface area (Å²) in [4.78, 5) is 0. The number of hydrogen-bond acceptors (Lipinski definition) is 2. The molecule has 0 radical (unpaired) electrons. The number of anilines is 2. The maximum Gasteiger partial charge on any atom is 0.418 e. The number of benzene rings is 2. The molecule has 21 heavy (non-hydrogen) atoms. The van der Waals surface area contributed by atoms with Crippen molar-refractivity contribution < 1.29 is 13.2 Å². The number of nitriles is 1. The topological polar surface area (TPSA) is 35.8 Å². The van der Waals surface area contributed by atoms with Crippen LogP contribution < -0.4 is 5.32 Å². The highest BCUT2D eigenvalue weighted by molar-refractivity contribution is 9.10. The van der Waals surface area contributed by atoms with Crippen molar-refractivity contribution in [2.24, 2.45) is 0 Å². The van der Waals surface area contributed by atoms with Crippen LogP contribution in [-0.4, -0.2) is 0 Å². The van der Waals surface area contributed by atoms with Crippen LogP contribution in [0.5, 0.6) is 0 Å². The van der Waals surface area contributed by atoms with E-state index in [2.05, 4.69) is 21.2 Å². The molecule has 0 saturated heterocycles. The maximum absolute atomic E-state index is 13.0. The molecule has 1 N–H and O–H groups in total. The summed E-state index contributed by atoms with van der Waals surface area (Å²) in [6.07, 6.45) is -4.55. The molecule has 2 nitrogen and oxygen atoms in total. The van der Waals surface area contributed by atoms with Gasteiger partial charge in [0.2, 0.25) is 0 Å². The molecule has 0 aliphatic carbocycles. The minimum Gasteiger partial charge on any atom is -0.354 e. The van der Waals surface area contributed by atoms with Crippen LogP contribution in [0.1, 0.15) is 11.1 Å². The normalized spacial score (nSPS) is 11.0. The van der Waals surface area contributed by atoms with Crippen LogP contribution in [0.3, 0.4) is 0 Å². The first kappa shape index (κ1) is 15.7. The van der Waals surface area contributed by atoms with Gasteiger partial charge in [0.25, 0.3) is 0 Å². The summed E-state index contributed by atoms with van der Waals surface area (Å²) < 4.78 is 39.6. The fourth-order valence-corrected chi connectivity index (χ4v) is 2.37. The maximum atomic E-state index is 13.0. The van der Waals surface area contributed by atoms with E-state index in [0.717, 1.165) is 6.07 Å². The molecule has 2 aromatic rings. The number of nitrogens with zero attached hydrogens (tertiary/aromatic N) is 1. The van der Waals surface area contributed by atoms with Gasteiger partial charge in [-0.3, -0.25) is 0 Å². The SMILES string of the molecule is N#Cc1c(Br)cccc1Nc1ccc(Cl)cc1C(F)(F)F. The molecule has 0 aliphatic rings. The van der Waals surface area contributed by atoms with E-state index >= 15 is 0 Å². The molecule has 0 bridgehead atoms. The minimum atomic E-state index is -4.55. The van der Waals surface area contributed by atoms with E-state index < -0.39 is 11.7 Å². The predicted molar refractivity (Wildman–Crippen MR) is 78.6 cm³/mol. The van der Waals surface area contributed by atoms with E-state index in [1.165, 1.54) is 18.2 Å². The Labute approximate surface area is 132 Å². The van der Waals surface area contributed by atoms with Crippen molar-refractivity contribution in [3.05, 3.63) is 57.0 Å². The van der Waals surface area contributed by atoms with E-state index in [1.807, 2.05) is 6.07 Å². The molecule has 0 saturated carbocycles. The molecule has 0 amide bonds. The number of nitrogens with one attached hydrogen (secondary N) is 1. The Balaban J connectivity index is 2.51. The van der Waals surface area contributed by atoms with Crippen molar-refractivity contribution in [3.8, 4) is 6.07 Å². The van der Waals surface area contributed by atoms with Gasteiger partial charge in [-0.2, -0.15) is 18.4 Å². The van der Waals surface area contributed by atoms with Gasteiger partial charge < -0.3 is 5.32 Å². The van der Waals surface area contributed by atoms with Crippen LogP contribution in [0.15, 0.2) is 40.9 Å². The van der Waals surface area contributed by atoms with Gasteiger partial charge in [0.1, 0.15) is 6.07 Å². The largest absolute Gasteiger partial charge is 0.418 e. The standard InChI is InChI=1S/C14H7BrClF3N2/c15-11-2-1-3-12(9(11)7-20)21-13-5-4-8(16)6-10(13)14(17,18)19/h1-6,21H. The van der Waals surface area contributed by atoms with Crippen LogP contribution in [0, 0.1) is 11.3 Å². The van der Waals surface area contributed by atoms with Crippen LogP contribution in [0.4, 0.5) is 24.5 Å². The second kappa shape index (κ2) is 5.96.